The molecule has 2 aromatic carbocycles. The van der Waals surface area contributed by atoms with Gasteiger partial charge in [-0.1, -0.05) is 18.2 Å². The van der Waals surface area contributed by atoms with E-state index < -0.39 is 11.9 Å². The largest absolute Gasteiger partial charge is 0.433 e. The summed E-state index contributed by atoms with van der Waals surface area (Å²) in [5.74, 6) is 0.00306. The maximum Gasteiger partial charge on any atom is 0.433 e. The molecule has 37 heavy (non-hydrogen) atoms. The third-order valence-electron chi connectivity index (χ3n) is 6.57. The molecule has 0 bridgehead atoms. The molecule has 0 radical (unpaired) electrons. The van der Waals surface area contributed by atoms with E-state index in [4.69, 9.17) is 0 Å². The van der Waals surface area contributed by atoms with E-state index in [1.807, 2.05) is 6.07 Å². The molecule has 4 aromatic rings. The number of alkyl halides is 3. The number of para-hydroxylation sites is 1. The van der Waals surface area contributed by atoms with Crippen LogP contribution >= 0.6 is 11.8 Å². The summed E-state index contributed by atoms with van der Waals surface area (Å²) in [6, 6.07) is 12.8. The van der Waals surface area contributed by atoms with E-state index >= 15 is 0 Å². The van der Waals surface area contributed by atoms with Crippen molar-refractivity contribution >= 4 is 40.2 Å². The number of halogens is 3. The van der Waals surface area contributed by atoms with Crippen LogP contribution < -0.4 is 10.6 Å². The maximum atomic E-state index is 13.5. The van der Waals surface area contributed by atoms with Gasteiger partial charge in [0.2, 0.25) is 5.91 Å². The molecular weight excluding hydrogens is 503 g/mol. The number of pyridine rings is 1. The topological polar surface area (TPSA) is 88.9 Å². The summed E-state index contributed by atoms with van der Waals surface area (Å²) in [4.78, 5) is 29.3. The zero-order valence-corrected chi connectivity index (χ0v) is 20.1. The van der Waals surface area contributed by atoms with Crippen LogP contribution in [-0.4, -0.2) is 38.4 Å². The van der Waals surface area contributed by atoms with Crippen LogP contribution in [0.2, 0.25) is 0 Å². The molecule has 2 N–H and O–H groups in total. The normalized spacial score (nSPS) is 17.2. The second-order valence-electron chi connectivity index (χ2n) is 9.03. The predicted octanol–water partition coefficient (Wildman–Crippen LogP) is 4.77. The molecule has 0 saturated carbocycles. The van der Waals surface area contributed by atoms with Crippen LogP contribution in [0.25, 0.3) is 16.6 Å². The number of hydrogen-bond acceptors (Lipinski definition) is 5. The van der Waals surface area contributed by atoms with Gasteiger partial charge in [-0.15, -0.1) is 11.8 Å². The Labute approximate surface area is 213 Å². The molecule has 1 aliphatic heterocycles. The number of nitrogens with one attached hydrogen (secondary N) is 2. The van der Waals surface area contributed by atoms with Crippen LogP contribution in [0.4, 0.5) is 18.9 Å². The Balaban J connectivity index is 1.25. The zero-order valence-electron chi connectivity index (χ0n) is 19.3. The molecule has 11 heteroatoms. The van der Waals surface area contributed by atoms with Crippen LogP contribution in [0.15, 0.2) is 59.6 Å². The van der Waals surface area contributed by atoms with E-state index in [1.165, 1.54) is 11.8 Å². The average Bonchev–Trinajstić information content (AvgIpc) is 3.30. The number of carbonyl (C=O) groups is 2. The second kappa shape index (κ2) is 8.91. The van der Waals surface area contributed by atoms with Gasteiger partial charge in [0.1, 0.15) is 5.69 Å². The molecule has 2 amide bonds. The molecule has 1 aliphatic carbocycles. The van der Waals surface area contributed by atoms with Gasteiger partial charge in [0.05, 0.1) is 28.8 Å². The van der Waals surface area contributed by atoms with Gasteiger partial charge in [-0.3, -0.25) is 9.59 Å². The van der Waals surface area contributed by atoms with Gasteiger partial charge in [0, 0.05) is 27.6 Å². The molecule has 1 unspecified atom stereocenters. The lowest BCUT2D eigenvalue weighted by atomic mass is 9.93. The molecule has 2 aromatic heterocycles. The van der Waals surface area contributed by atoms with Gasteiger partial charge in [0.25, 0.3) is 5.91 Å². The highest BCUT2D eigenvalue weighted by atomic mass is 32.2. The van der Waals surface area contributed by atoms with Crippen LogP contribution in [0.1, 0.15) is 33.7 Å². The van der Waals surface area contributed by atoms with Crippen molar-refractivity contribution in [3.05, 3.63) is 77.2 Å². The van der Waals surface area contributed by atoms with Gasteiger partial charge in [0.15, 0.2) is 0 Å². The minimum absolute atomic E-state index is 0.101. The van der Waals surface area contributed by atoms with E-state index in [0.29, 0.717) is 47.3 Å². The highest BCUT2D eigenvalue weighted by Gasteiger charge is 2.34. The molecule has 0 spiro atoms. The summed E-state index contributed by atoms with van der Waals surface area (Å²) >= 11 is 1.43. The fourth-order valence-electron chi connectivity index (χ4n) is 4.82. The first kappa shape index (κ1) is 23.5. The number of anilines is 1. The van der Waals surface area contributed by atoms with Crippen molar-refractivity contribution in [1.29, 1.82) is 0 Å². The zero-order chi connectivity index (χ0) is 25.7. The lowest BCUT2D eigenvalue weighted by Gasteiger charge is -2.25. The number of thioether (sulfide) groups is 1. The molecule has 1 atom stereocenters. The van der Waals surface area contributed by atoms with Crippen LogP contribution in [-0.2, 0) is 23.8 Å². The minimum atomic E-state index is -4.58. The third-order valence-corrected chi connectivity index (χ3v) is 7.65. The van der Waals surface area contributed by atoms with E-state index in [9.17, 15) is 22.8 Å². The summed E-state index contributed by atoms with van der Waals surface area (Å²) < 4.78 is 42.2. The lowest BCUT2D eigenvalue weighted by molar-refractivity contribution is -0.141. The Morgan fingerprint density at radius 2 is 2.00 bits per heavy atom. The van der Waals surface area contributed by atoms with Crippen molar-refractivity contribution in [2.75, 3.05) is 11.1 Å². The average molecular weight is 524 g/mol. The molecule has 2 aliphatic rings. The summed E-state index contributed by atoms with van der Waals surface area (Å²) in [6.45, 7) is 0. The molecule has 3 heterocycles. The smallest absolute Gasteiger partial charge is 0.349 e. The maximum absolute atomic E-state index is 13.5. The summed E-state index contributed by atoms with van der Waals surface area (Å²) in [7, 11) is 0. The van der Waals surface area contributed by atoms with Gasteiger partial charge < -0.3 is 10.6 Å². The summed E-state index contributed by atoms with van der Waals surface area (Å²) in [5, 5.41) is 10.9. The molecule has 7 nitrogen and oxygen atoms in total. The fourth-order valence-corrected chi connectivity index (χ4v) is 5.61. The second-order valence-corrected chi connectivity index (χ2v) is 10.0. The van der Waals surface area contributed by atoms with Crippen molar-refractivity contribution in [2.24, 2.45) is 0 Å². The molecule has 0 fully saturated rings. The summed E-state index contributed by atoms with van der Waals surface area (Å²) in [6.07, 6.45) is -1.28. The number of aromatic nitrogens is 3. The predicted molar refractivity (Wildman–Crippen MR) is 133 cm³/mol. The highest BCUT2D eigenvalue weighted by Crippen LogP contribution is 2.34. The van der Waals surface area contributed by atoms with E-state index in [1.54, 1.807) is 47.3 Å². The molecule has 0 saturated heterocycles. The number of amides is 2. The molecule has 188 valence electrons. The molecular formula is C26H20F3N5O2S. The first-order valence-corrected chi connectivity index (χ1v) is 12.7. The van der Waals surface area contributed by atoms with Crippen LogP contribution in [0.3, 0.4) is 0 Å². The Hall–Kier alpha value is -3.86. The number of hydrogen-bond donors (Lipinski definition) is 2. The fraction of sp³-hybridized carbons (Fsp3) is 0.231. The number of rotatable bonds is 3. The van der Waals surface area contributed by atoms with Gasteiger partial charge in [-0.05, 0) is 55.2 Å². The van der Waals surface area contributed by atoms with E-state index in [2.05, 4.69) is 20.7 Å². The van der Waals surface area contributed by atoms with Crippen LogP contribution in [0, 0.1) is 0 Å². The Bertz CT molecular complexity index is 1570. The van der Waals surface area contributed by atoms with Crippen molar-refractivity contribution in [3.63, 3.8) is 0 Å². The van der Waals surface area contributed by atoms with Gasteiger partial charge in [-0.25, -0.2) is 9.67 Å². The van der Waals surface area contributed by atoms with Crippen LogP contribution in [0.5, 0.6) is 0 Å². The van der Waals surface area contributed by atoms with E-state index in [0.717, 1.165) is 22.2 Å². The quantitative estimate of drug-likeness (QED) is 0.404. The monoisotopic (exact) mass is 523 g/mol. The number of carbonyl (C=O) groups excluding carboxylic acids is 2. The molecule has 6 rings (SSSR count). The van der Waals surface area contributed by atoms with Crippen molar-refractivity contribution in [1.82, 2.24) is 20.1 Å². The first-order chi connectivity index (χ1) is 17.8. The van der Waals surface area contributed by atoms with E-state index in [-0.39, 0.29) is 23.4 Å². The number of fused-ring (bicyclic) bond motifs is 3. The standard InChI is InChI=1S/C26H20F3N5O2S/c27-26(28,29)23-11-21(17-3-1-2-4-18(17)32-23)34-20-7-6-16(9-15(20)12-30-34)31-25(36)14-5-8-22-19(10-14)33-24(35)13-37-22/h1-5,8,10-12,16H,6-7,9,13H2,(H,31,36)(H,33,35). The Morgan fingerprint density at radius 1 is 1.16 bits per heavy atom. The van der Waals surface area contributed by atoms with Crippen molar-refractivity contribution in [2.45, 2.75) is 36.4 Å². The third kappa shape index (κ3) is 4.43. The number of nitrogens with zero attached hydrogens (tertiary/aromatic N) is 3. The Kier molecular flexibility index (Phi) is 5.67. The number of benzene rings is 2. The first-order valence-electron chi connectivity index (χ1n) is 11.7. The van der Waals surface area contributed by atoms with Crippen molar-refractivity contribution in [3.8, 4) is 5.69 Å². The Morgan fingerprint density at radius 3 is 2.84 bits per heavy atom. The van der Waals surface area contributed by atoms with Crippen molar-refractivity contribution < 1.29 is 22.8 Å². The highest BCUT2D eigenvalue weighted by molar-refractivity contribution is 8.00. The minimum Gasteiger partial charge on any atom is -0.349 e. The SMILES string of the molecule is O=C1CSc2ccc(C(=O)NC3CCc4c(cnn4-c4cc(C(F)(F)F)nc5ccccc45)C3)cc2N1. The van der Waals surface area contributed by atoms with Gasteiger partial charge >= 0.3 is 6.18 Å². The van der Waals surface area contributed by atoms with Gasteiger partial charge in [-0.2, -0.15) is 18.3 Å². The summed E-state index contributed by atoms with van der Waals surface area (Å²) in [5.41, 5.74) is 2.39. The lowest BCUT2D eigenvalue weighted by Crippen LogP contribution is -2.39.